The molecule has 0 radical (unpaired) electrons. The number of anilines is 1. The van der Waals surface area contributed by atoms with Crippen LogP contribution in [0.1, 0.15) is 0 Å². The maximum absolute atomic E-state index is 13.0. The molecule has 0 aliphatic rings. The first kappa shape index (κ1) is 16.7. The second-order valence-electron chi connectivity index (χ2n) is 4.61. The highest BCUT2D eigenvalue weighted by molar-refractivity contribution is 7.99. The number of nitrogens with two attached hydrogens (primary N) is 1. The minimum Gasteiger partial charge on any atom is -0.335 e. The summed E-state index contributed by atoms with van der Waals surface area (Å²) in [5, 5.41) is 13.1. The molecule has 6 nitrogen and oxygen atoms in total. The molecular formula is C14H11ClFN5OS2. The van der Waals surface area contributed by atoms with E-state index in [0.717, 1.165) is 22.7 Å². The number of thiophene rings is 1. The van der Waals surface area contributed by atoms with Gasteiger partial charge in [-0.2, -0.15) is 0 Å². The van der Waals surface area contributed by atoms with Gasteiger partial charge in [-0.1, -0.05) is 29.4 Å². The van der Waals surface area contributed by atoms with E-state index >= 15 is 0 Å². The van der Waals surface area contributed by atoms with Gasteiger partial charge in [-0.3, -0.25) is 4.79 Å². The summed E-state index contributed by atoms with van der Waals surface area (Å²) in [5.74, 6) is 5.78. The summed E-state index contributed by atoms with van der Waals surface area (Å²) in [6.45, 7) is 0. The Kier molecular flexibility index (Phi) is 5.03. The molecule has 0 fully saturated rings. The molecule has 0 spiro atoms. The zero-order valence-corrected chi connectivity index (χ0v) is 14.5. The Labute approximate surface area is 149 Å². The number of carbonyl (C=O) groups is 1. The van der Waals surface area contributed by atoms with Crippen molar-refractivity contribution in [3.8, 4) is 10.7 Å². The second-order valence-corrected chi connectivity index (χ2v) is 6.91. The average molecular weight is 384 g/mol. The lowest BCUT2D eigenvalue weighted by Crippen LogP contribution is -2.16. The number of aromatic nitrogens is 3. The maximum atomic E-state index is 13.0. The zero-order chi connectivity index (χ0) is 17.1. The van der Waals surface area contributed by atoms with Gasteiger partial charge in [0.05, 0.1) is 21.3 Å². The number of carbonyl (C=O) groups excluding carboxylic acids is 1. The minimum atomic E-state index is -0.468. The Hall–Kier alpha value is -2.10. The normalized spacial score (nSPS) is 10.8. The number of nitrogen functional groups attached to an aromatic ring is 1. The van der Waals surface area contributed by atoms with E-state index in [9.17, 15) is 9.18 Å². The van der Waals surface area contributed by atoms with Crippen LogP contribution in [0.2, 0.25) is 5.02 Å². The molecule has 24 heavy (non-hydrogen) atoms. The van der Waals surface area contributed by atoms with Crippen LogP contribution >= 0.6 is 34.7 Å². The quantitative estimate of drug-likeness (QED) is 0.521. The van der Waals surface area contributed by atoms with Crippen LogP contribution in [0.25, 0.3) is 10.7 Å². The Morgan fingerprint density at radius 3 is 2.96 bits per heavy atom. The molecule has 0 aliphatic carbocycles. The Morgan fingerprint density at radius 2 is 2.25 bits per heavy atom. The lowest BCUT2D eigenvalue weighted by molar-refractivity contribution is -0.113. The van der Waals surface area contributed by atoms with E-state index in [1.165, 1.54) is 28.1 Å². The molecule has 0 aliphatic heterocycles. The van der Waals surface area contributed by atoms with Crippen molar-refractivity contribution in [1.82, 2.24) is 14.9 Å². The number of nitrogens with one attached hydrogen (secondary N) is 1. The lowest BCUT2D eigenvalue weighted by Gasteiger charge is -2.07. The maximum Gasteiger partial charge on any atom is 0.234 e. The van der Waals surface area contributed by atoms with Crippen molar-refractivity contribution in [1.29, 1.82) is 0 Å². The fourth-order valence-corrected chi connectivity index (χ4v) is 3.43. The van der Waals surface area contributed by atoms with Crippen LogP contribution < -0.4 is 11.2 Å². The number of nitrogens with zero attached hydrogens (tertiary/aromatic N) is 3. The standard InChI is InChI=1S/C14H11ClFN5OS2/c15-9-6-8(16)3-4-10(9)18-12(22)7-24-14-20-19-13(21(14)17)11-2-1-5-23-11/h1-6H,7,17H2,(H,18,22). The van der Waals surface area contributed by atoms with Crippen LogP contribution in [0.5, 0.6) is 0 Å². The highest BCUT2D eigenvalue weighted by Gasteiger charge is 2.15. The first-order chi connectivity index (χ1) is 11.5. The molecule has 0 unspecified atom stereocenters. The van der Waals surface area contributed by atoms with Gasteiger partial charge in [0.1, 0.15) is 5.82 Å². The average Bonchev–Trinajstić information content (AvgIpc) is 3.18. The molecule has 2 aromatic heterocycles. The van der Waals surface area contributed by atoms with Crippen LogP contribution in [-0.4, -0.2) is 26.5 Å². The van der Waals surface area contributed by atoms with Crippen molar-refractivity contribution in [3.05, 3.63) is 46.6 Å². The highest BCUT2D eigenvalue weighted by atomic mass is 35.5. The predicted octanol–water partition coefficient (Wildman–Crippen LogP) is 3.24. The van der Waals surface area contributed by atoms with Gasteiger partial charge in [0.25, 0.3) is 0 Å². The van der Waals surface area contributed by atoms with Crippen molar-refractivity contribution < 1.29 is 9.18 Å². The number of hydrogen-bond donors (Lipinski definition) is 2. The van der Waals surface area contributed by atoms with Crippen molar-refractivity contribution >= 4 is 46.3 Å². The highest BCUT2D eigenvalue weighted by Crippen LogP contribution is 2.26. The van der Waals surface area contributed by atoms with Crippen molar-refractivity contribution in [3.63, 3.8) is 0 Å². The molecule has 10 heteroatoms. The van der Waals surface area contributed by atoms with E-state index in [-0.39, 0.29) is 16.7 Å². The summed E-state index contributed by atoms with van der Waals surface area (Å²) >= 11 is 8.51. The van der Waals surface area contributed by atoms with Gasteiger partial charge in [-0.05, 0) is 29.6 Å². The summed E-state index contributed by atoms with van der Waals surface area (Å²) in [4.78, 5) is 12.9. The van der Waals surface area contributed by atoms with Crippen LogP contribution in [-0.2, 0) is 4.79 Å². The number of amides is 1. The summed E-state index contributed by atoms with van der Waals surface area (Å²) in [5.41, 5.74) is 0.345. The van der Waals surface area contributed by atoms with E-state index < -0.39 is 5.82 Å². The number of hydrogen-bond acceptors (Lipinski definition) is 6. The Morgan fingerprint density at radius 1 is 1.42 bits per heavy atom. The molecule has 0 atom stereocenters. The van der Waals surface area contributed by atoms with E-state index in [0.29, 0.717) is 16.7 Å². The van der Waals surface area contributed by atoms with E-state index in [1.54, 1.807) is 0 Å². The van der Waals surface area contributed by atoms with E-state index in [1.807, 2.05) is 17.5 Å². The van der Waals surface area contributed by atoms with Crippen LogP contribution in [0.3, 0.4) is 0 Å². The first-order valence-corrected chi connectivity index (χ1v) is 8.91. The third kappa shape index (κ3) is 3.69. The van der Waals surface area contributed by atoms with Crippen molar-refractivity contribution in [2.45, 2.75) is 5.16 Å². The number of thioether (sulfide) groups is 1. The third-order valence-corrected chi connectivity index (χ3v) is 5.07. The van der Waals surface area contributed by atoms with Crippen LogP contribution in [0.15, 0.2) is 40.9 Å². The first-order valence-electron chi connectivity index (χ1n) is 6.66. The molecule has 0 saturated carbocycles. The third-order valence-electron chi connectivity index (χ3n) is 2.94. The van der Waals surface area contributed by atoms with Crippen molar-refractivity contribution in [2.75, 3.05) is 16.9 Å². The van der Waals surface area contributed by atoms with Gasteiger partial charge in [0.15, 0.2) is 5.82 Å². The van der Waals surface area contributed by atoms with E-state index in [4.69, 9.17) is 17.4 Å². The summed E-state index contributed by atoms with van der Waals surface area (Å²) < 4.78 is 14.3. The molecule has 1 amide bonds. The number of benzene rings is 1. The Bertz CT molecular complexity index is 868. The van der Waals surface area contributed by atoms with Gasteiger partial charge in [0.2, 0.25) is 11.1 Å². The lowest BCUT2D eigenvalue weighted by atomic mass is 10.3. The molecular weight excluding hydrogens is 373 g/mol. The minimum absolute atomic E-state index is 0.0630. The second kappa shape index (κ2) is 7.20. The fraction of sp³-hybridized carbons (Fsp3) is 0.0714. The fourth-order valence-electron chi connectivity index (χ4n) is 1.86. The molecule has 124 valence electrons. The largest absolute Gasteiger partial charge is 0.335 e. The van der Waals surface area contributed by atoms with E-state index in [2.05, 4.69) is 15.5 Å². The number of halogens is 2. The molecule has 3 N–H and O–H groups in total. The summed E-state index contributed by atoms with van der Waals surface area (Å²) in [6, 6.07) is 7.53. The van der Waals surface area contributed by atoms with Crippen molar-refractivity contribution in [2.24, 2.45) is 0 Å². The smallest absolute Gasteiger partial charge is 0.234 e. The molecule has 0 bridgehead atoms. The SMILES string of the molecule is Nn1c(SCC(=O)Nc2ccc(F)cc2Cl)nnc1-c1cccs1. The van der Waals surface area contributed by atoms with Gasteiger partial charge in [0, 0.05) is 0 Å². The van der Waals surface area contributed by atoms with Crippen LogP contribution in [0.4, 0.5) is 10.1 Å². The van der Waals surface area contributed by atoms with Gasteiger partial charge >= 0.3 is 0 Å². The Balaban J connectivity index is 1.62. The molecule has 3 rings (SSSR count). The summed E-state index contributed by atoms with van der Waals surface area (Å²) in [7, 11) is 0. The summed E-state index contributed by atoms with van der Waals surface area (Å²) in [6.07, 6.45) is 0. The molecule has 1 aromatic carbocycles. The molecule has 0 saturated heterocycles. The molecule has 2 heterocycles. The molecule has 3 aromatic rings. The topological polar surface area (TPSA) is 85.8 Å². The predicted molar refractivity (Wildman–Crippen MR) is 94.2 cm³/mol. The van der Waals surface area contributed by atoms with Gasteiger partial charge in [-0.15, -0.1) is 21.5 Å². The number of rotatable bonds is 5. The monoisotopic (exact) mass is 383 g/mol. The van der Waals surface area contributed by atoms with Gasteiger partial charge < -0.3 is 11.2 Å². The zero-order valence-electron chi connectivity index (χ0n) is 12.1. The van der Waals surface area contributed by atoms with Gasteiger partial charge in [-0.25, -0.2) is 9.07 Å². The van der Waals surface area contributed by atoms with Crippen LogP contribution in [0, 0.1) is 5.82 Å².